The smallest absolute Gasteiger partial charge is 0.254 e. The van der Waals surface area contributed by atoms with Crippen molar-refractivity contribution < 1.29 is 27.8 Å². The van der Waals surface area contributed by atoms with Gasteiger partial charge in [-0.25, -0.2) is 4.39 Å². The van der Waals surface area contributed by atoms with Gasteiger partial charge >= 0.3 is 0 Å². The lowest BCUT2D eigenvalue weighted by Gasteiger charge is -2.21. The topological polar surface area (TPSA) is 77.5 Å². The molecule has 8 heteroatoms. The summed E-state index contributed by atoms with van der Waals surface area (Å²) in [5, 5.41) is 2.72. The van der Waals surface area contributed by atoms with E-state index in [1.54, 1.807) is 6.07 Å². The quantitative estimate of drug-likeness (QED) is 0.766. The van der Waals surface area contributed by atoms with Gasteiger partial charge in [0.15, 0.2) is 17.3 Å². The van der Waals surface area contributed by atoms with Crippen LogP contribution < -0.4 is 10.1 Å². The van der Waals surface area contributed by atoms with Crippen LogP contribution in [0, 0.1) is 11.6 Å². The first-order chi connectivity index (χ1) is 13.6. The van der Waals surface area contributed by atoms with Crippen LogP contribution in [0.25, 0.3) is 0 Å². The minimum atomic E-state index is -1.10. The molecule has 1 aliphatic heterocycles. The number of hydrogen-bond donors (Lipinski definition) is 1. The normalized spacial score (nSPS) is 20.3. The maximum Gasteiger partial charge on any atom is 0.254 e. The summed E-state index contributed by atoms with van der Waals surface area (Å²) < 4.78 is 38.9. The van der Waals surface area contributed by atoms with E-state index in [1.807, 2.05) is 13.8 Å². The van der Waals surface area contributed by atoms with Gasteiger partial charge in [0.1, 0.15) is 11.8 Å². The number of Topliss-reactive ketones (excluding diaryl/α,β-unsaturated/α-hetero) is 1. The fourth-order valence-electron chi connectivity index (χ4n) is 3.58. The van der Waals surface area contributed by atoms with Crippen LogP contribution in [0.2, 0.25) is 0 Å². The first kappa shape index (κ1) is 20.9. The molecule has 154 valence electrons. The molecule has 2 atom stereocenters. The van der Waals surface area contributed by atoms with E-state index >= 15 is 0 Å². The lowest BCUT2D eigenvalue weighted by molar-refractivity contribution is -0.130. The molecule has 0 radical (unpaired) electrons. The SMILES string of the molecule is COc1c([C@H]2CC(C)(C)O[C@@H]2C(=O)Nc2ccnc(C(C)=O)c2)ccc(F)c1F. The van der Waals surface area contributed by atoms with Gasteiger partial charge in [-0.2, -0.15) is 4.39 Å². The highest BCUT2D eigenvalue weighted by molar-refractivity contribution is 5.97. The van der Waals surface area contributed by atoms with Crippen molar-refractivity contribution in [2.75, 3.05) is 12.4 Å². The van der Waals surface area contributed by atoms with Crippen molar-refractivity contribution in [2.24, 2.45) is 0 Å². The van der Waals surface area contributed by atoms with Crippen LogP contribution in [0.5, 0.6) is 5.75 Å². The number of benzene rings is 1. The third-order valence-corrected chi connectivity index (χ3v) is 4.85. The van der Waals surface area contributed by atoms with Gasteiger partial charge in [0, 0.05) is 30.3 Å². The number of carbonyl (C=O) groups is 2. The highest BCUT2D eigenvalue weighted by Gasteiger charge is 2.46. The molecule has 0 bridgehead atoms. The molecular weight excluding hydrogens is 382 g/mol. The van der Waals surface area contributed by atoms with Crippen LogP contribution in [-0.4, -0.2) is 35.5 Å². The van der Waals surface area contributed by atoms with Gasteiger partial charge < -0.3 is 14.8 Å². The standard InChI is InChI=1S/C21H22F2N2O4/c1-11(26)16-9-12(7-8-24-16)25-20(27)19-14(10-21(2,3)29-19)13-5-6-15(22)17(23)18(13)28-4/h5-9,14,19H,10H2,1-4H3,(H,24,25,27)/t14-,19+/m1/s1. The third kappa shape index (κ3) is 4.27. The lowest BCUT2D eigenvalue weighted by atomic mass is 9.86. The molecule has 0 saturated carbocycles. The average molecular weight is 404 g/mol. The minimum Gasteiger partial charge on any atom is -0.493 e. The zero-order chi connectivity index (χ0) is 21.3. The molecule has 1 aromatic heterocycles. The summed E-state index contributed by atoms with van der Waals surface area (Å²) in [6.07, 6.45) is 0.862. The van der Waals surface area contributed by atoms with Gasteiger partial charge in [-0.15, -0.1) is 0 Å². The van der Waals surface area contributed by atoms with Crippen molar-refractivity contribution in [2.45, 2.75) is 44.8 Å². The van der Waals surface area contributed by atoms with E-state index in [-0.39, 0.29) is 17.2 Å². The number of anilines is 1. The second-order valence-corrected chi connectivity index (χ2v) is 7.57. The van der Waals surface area contributed by atoms with Crippen molar-refractivity contribution in [1.82, 2.24) is 4.98 Å². The van der Waals surface area contributed by atoms with Gasteiger partial charge in [-0.1, -0.05) is 6.07 Å². The first-order valence-electron chi connectivity index (χ1n) is 9.10. The number of hydrogen-bond acceptors (Lipinski definition) is 5. The van der Waals surface area contributed by atoms with E-state index in [9.17, 15) is 18.4 Å². The monoisotopic (exact) mass is 404 g/mol. The van der Waals surface area contributed by atoms with E-state index in [0.717, 1.165) is 6.07 Å². The van der Waals surface area contributed by atoms with E-state index in [2.05, 4.69) is 10.3 Å². The predicted octanol–water partition coefficient (Wildman–Crippen LogP) is 3.86. The number of halogens is 2. The third-order valence-electron chi connectivity index (χ3n) is 4.85. The molecule has 1 fully saturated rings. The number of nitrogens with zero attached hydrogens (tertiary/aromatic N) is 1. The van der Waals surface area contributed by atoms with Gasteiger partial charge in [-0.05, 0) is 38.5 Å². The molecule has 0 spiro atoms. The number of nitrogens with one attached hydrogen (secondary N) is 1. The summed E-state index contributed by atoms with van der Waals surface area (Å²) in [5.41, 5.74) is 0.302. The second-order valence-electron chi connectivity index (χ2n) is 7.57. The zero-order valence-electron chi connectivity index (χ0n) is 16.6. The zero-order valence-corrected chi connectivity index (χ0v) is 16.6. The molecule has 1 saturated heterocycles. The van der Waals surface area contributed by atoms with Crippen LogP contribution >= 0.6 is 0 Å². The van der Waals surface area contributed by atoms with Crippen LogP contribution in [0.15, 0.2) is 30.5 Å². The molecule has 1 N–H and O–H groups in total. The summed E-state index contributed by atoms with van der Waals surface area (Å²) in [7, 11) is 1.25. The summed E-state index contributed by atoms with van der Waals surface area (Å²) in [5.74, 6) is -3.62. The Morgan fingerprint density at radius 3 is 2.66 bits per heavy atom. The summed E-state index contributed by atoms with van der Waals surface area (Å²) in [6.45, 7) is 5.02. The van der Waals surface area contributed by atoms with Crippen molar-refractivity contribution in [3.05, 3.63) is 53.4 Å². The molecule has 0 unspecified atom stereocenters. The summed E-state index contributed by atoms with van der Waals surface area (Å²) >= 11 is 0. The molecule has 6 nitrogen and oxygen atoms in total. The molecule has 2 heterocycles. The van der Waals surface area contributed by atoms with E-state index < -0.39 is 35.2 Å². The molecule has 0 aliphatic carbocycles. The Balaban J connectivity index is 1.93. The molecule has 3 rings (SSSR count). The van der Waals surface area contributed by atoms with Gasteiger partial charge in [0.2, 0.25) is 5.82 Å². The number of rotatable bonds is 5. The van der Waals surface area contributed by atoms with Crippen LogP contribution in [-0.2, 0) is 9.53 Å². The summed E-state index contributed by atoms with van der Waals surface area (Å²) in [4.78, 5) is 28.4. The van der Waals surface area contributed by atoms with Crippen molar-refractivity contribution in [3.63, 3.8) is 0 Å². The number of aromatic nitrogens is 1. The predicted molar refractivity (Wildman–Crippen MR) is 102 cm³/mol. The lowest BCUT2D eigenvalue weighted by Crippen LogP contribution is -2.33. The Morgan fingerprint density at radius 1 is 1.28 bits per heavy atom. The maximum atomic E-state index is 14.2. The van der Waals surface area contributed by atoms with E-state index in [1.165, 1.54) is 32.4 Å². The molecule has 1 aromatic carbocycles. The van der Waals surface area contributed by atoms with Crippen LogP contribution in [0.4, 0.5) is 14.5 Å². The minimum absolute atomic E-state index is 0.217. The maximum absolute atomic E-state index is 14.2. The molecule has 29 heavy (non-hydrogen) atoms. The Bertz CT molecular complexity index is 962. The number of pyridine rings is 1. The largest absolute Gasteiger partial charge is 0.493 e. The average Bonchev–Trinajstić information content (AvgIpc) is 2.99. The van der Waals surface area contributed by atoms with Gasteiger partial charge in [0.05, 0.1) is 12.7 Å². The Labute approximate surface area is 167 Å². The highest BCUT2D eigenvalue weighted by Crippen LogP contribution is 2.45. The molecule has 1 aliphatic rings. The van der Waals surface area contributed by atoms with Crippen molar-refractivity contribution in [1.29, 1.82) is 0 Å². The molecular formula is C21H22F2N2O4. The molecule has 1 amide bonds. The van der Waals surface area contributed by atoms with Gasteiger partial charge in [-0.3, -0.25) is 14.6 Å². The number of ether oxygens (including phenoxy) is 2. The number of amides is 1. The highest BCUT2D eigenvalue weighted by atomic mass is 19.2. The van der Waals surface area contributed by atoms with Gasteiger partial charge in [0.25, 0.3) is 5.91 Å². The summed E-state index contributed by atoms with van der Waals surface area (Å²) in [6, 6.07) is 5.44. The van der Waals surface area contributed by atoms with E-state index in [0.29, 0.717) is 17.7 Å². The molecule has 2 aromatic rings. The van der Waals surface area contributed by atoms with Crippen molar-refractivity contribution in [3.8, 4) is 5.75 Å². The Morgan fingerprint density at radius 2 is 2.00 bits per heavy atom. The van der Waals surface area contributed by atoms with Crippen molar-refractivity contribution >= 4 is 17.4 Å². The fraction of sp³-hybridized carbons (Fsp3) is 0.381. The van der Waals surface area contributed by atoms with Crippen LogP contribution in [0.1, 0.15) is 49.2 Å². The second kappa shape index (κ2) is 7.87. The Hall–Kier alpha value is -2.87. The van der Waals surface area contributed by atoms with Crippen LogP contribution in [0.3, 0.4) is 0 Å². The fourth-order valence-corrected chi connectivity index (χ4v) is 3.58. The number of carbonyl (C=O) groups excluding carboxylic acids is 2. The van der Waals surface area contributed by atoms with E-state index in [4.69, 9.17) is 9.47 Å². The first-order valence-corrected chi connectivity index (χ1v) is 9.10. The number of ketones is 1. The Kier molecular flexibility index (Phi) is 5.66. The number of methoxy groups -OCH3 is 1.